The number of hydrogen-bond donors (Lipinski definition) is 1. The normalized spacial score (nSPS) is 12.3. The molecule has 1 unspecified atom stereocenters. The van der Waals surface area contributed by atoms with Gasteiger partial charge in [-0.05, 0) is 49.8 Å². The van der Waals surface area contributed by atoms with E-state index >= 15 is 0 Å². The summed E-state index contributed by atoms with van der Waals surface area (Å²) in [7, 11) is 0. The number of amides is 1. The van der Waals surface area contributed by atoms with Crippen molar-refractivity contribution in [3.8, 4) is 11.8 Å². The average molecular weight is 409 g/mol. The molecule has 0 aliphatic rings. The number of nitriles is 1. The van der Waals surface area contributed by atoms with Crippen LogP contribution in [-0.2, 0) is 4.79 Å². The lowest BCUT2D eigenvalue weighted by atomic mass is 10.1. The molecule has 0 spiro atoms. The summed E-state index contributed by atoms with van der Waals surface area (Å²) in [5.41, 5.74) is 2.40. The summed E-state index contributed by atoms with van der Waals surface area (Å²) in [5, 5.41) is 16.9. The Morgan fingerprint density at radius 3 is 2.52 bits per heavy atom. The topological polar surface area (TPSA) is 70.7 Å². The van der Waals surface area contributed by atoms with Gasteiger partial charge in [0.1, 0.15) is 22.6 Å². The number of nitrogens with zero attached hydrogens (tertiary/aromatic N) is 3. The summed E-state index contributed by atoms with van der Waals surface area (Å²) in [6.45, 7) is 3.56. The van der Waals surface area contributed by atoms with Gasteiger partial charge in [0.15, 0.2) is 0 Å². The second-order valence-corrected chi connectivity index (χ2v) is 6.81. The van der Waals surface area contributed by atoms with Crippen LogP contribution in [0.3, 0.4) is 0 Å². The van der Waals surface area contributed by atoms with Crippen LogP contribution in [0.1, 0.15) is 29.8 Å². The smallest absolute Gasteiger partial charge is 0.262 e. The lowest BCUT2D eigenvalue weighted by Gasteiger charge is -2.13. The molecular weight excluding hydrogens is 391 g/mol. The van der Waals surface area contributed by atoms with Gasteiger partial charge in [0, 0.05) is 5.56 Å². The molecule has 0 saturated carbocycles. The predicted molar refractivity (Wildman–Crippen MR) is 110 cm³/mol. The first-order chi connectivity index (χ1) is 13.9. The zero-order valence-electron chi connectivity index (χ0n) is 15.9. The Kier molecular flexibility index (Phi) is 6.10. The fourth-order valence-corrected chi connectivity index (χ4v) is 3.15. The number of nitrogens with one attached hydrogen (secondary N) is 1. The lowest BCUT2D eigenvalue weighted by Crippen LogP contribution is -2.27. The Morgan fingerprint density at radius 1 is 1.24 bits per heavy atom. The third kappa shape index (κ3) is 4.53. The van der Waals surface area contributed by atoms with Crippen LogP contribution in [-0.4, -0.2) is 15.7 Å². The van der Waals surface area contributed by atoms with E-state index < -0.39 is 5.91 Å². The monoisotopic (exact) mass is 408 g/mol. The summed E-state index contributed by atoms with van der Waals surface area (Å²) in [5.74, 6) is -0.876. The standard InChI is InChI=1S/C22H18ClFN4O/c1-14(16-6-4-3-5-7-16)26-22(29)17(13-25)12-20-15(2)27-28(21(20)23)19-10-8-18(24)9-11-19/h3-12,14H,1-2H3,(H,26,29)/b17-12+. The van der Waals surface area contributed by atoms with E-state index in [2.05, 4.69) is 10.4 Å². The van der Waals surface area contributed by atoms with E-state index in [1.54, 1.807) is 19.1 Å². The summed E-state index contributed by atoms with van der Waals surface area (Å²) >= 11 is 6.43. The Labute approximate surface area is 173 Å². The van der Waals surface area contributed by atoms with Crippen molar-refractivity contribution in [3.05, 3.63) is 88.0 Å². The van der Waals surface area contributed by atoms with E-state index in [0.717, 1.165) is 5.56 Å². The molecule has 29 heavy (non-hydrogen) atoms. The summed E-state index contributed by atoms with van der Waals surface area (Å²) in [6.07, 6.45) is 1.41. The Balaban J connectivity index is 1.88. The highest BCUT2D eigenvalue weighted by molar-refractivity contribution is 6.31. The molecule has 146 valence electrons. The molecule has 1 atom stereocenters. The molecule has 0 radical (unpaired) electrons. The highest BCUT2D eigenvalue weighted by atomic mass is 35.5. The molecule has 3 aromatic rings. The molecule has 0 fully saturated rings. The number of aryl methyl sites for hydroxylation is 1. The molecule has 5 nitrogen and oxygen atoms in total. The number of carbonyl (C=O) groups excluding carboxylic acids is 1. The molecule has 0 saturated heterocycles. The molecule has 0 aliphatic carbocycles. The second kappa shape index (κ2) is 8.72. The molecule has 1 aromatic heterocycles. The van der Waals surface area contributed by atoms with Crippen molar-refractivity contribution in [1.29, 1.82) is 5.26 Å². The molecule has 1 amide bonds. The molecule has 3 rings (SSSR count). The number of hydrogen-bond acceptors (Lipinski definition) is 3. The van der Waals surface area contributed by atoms with Gasteiger partial charge in [-0.15, -0.1) is 0 Å². The van der Waals surface area contributed by atoms with E-state index in [1.807, 2.05) is 43.3 Å². The highest BCUT2D eigenvalue weighted by Gasteiger charge is 2.18. The van der Waals surface area contributed by atoms with Crippen LogP contribution >= 0.6 is 11.6 Å². The maximum atomic E-state index is 13.2. The molecular formula is C22H18ClFN4O. The van der Waals surface area contributed by atoms with E-state index in [-0.39, 0.29) is 22.6 Å². The van der Waals surface area contributed by atoms with Gasteiger partial charge in [0.05, 0.1) is 17.4 Å². The minimum absolute atomic E-state index is 0.0866. The number of benzene rings is 2. The number of halogens is 2. The Bertz CT molecular complexity index is 1100. The second-order valence-electron chi connectivity index (χ2n) is 6.45. The summed E-state index contributed by atoms with van der Waals surface area (Å²) in [4.78, 5) is 12.6. The van der Waals surface area contributed by atoms with Crippen LogP contribution in [0.15, 0.2) is 60.2 Å². The largest absolute Gasteiger partial charge is 0.345 e. The maximum Gasteiger partial charge on any atom is 0.262 e. The van der Waals surface area contributed by atoms with Crippen molar-refractivity contribution in [2.75, 3.05) is 0 Å². The van der Waals surface area contributed by atoms with E-state index in [1.165, 1.54) is 22.9 Å². The molecule has 1 heterocycles. The van der Waals surface area contributed by atoms with E-state index in [4.69, 9.17) is 11.6 Å². The fraction of sp³-hybridized carbons (Fsp3) is 0.136. The van der Waals surface area contributed by atoms with Crippen LogP contribution in [0.2, 0.25) is 5.15 Å². The van der Waals surface area contributed by atoms with Gasteiger partial charge in [-0.3, -0.25) is 4.79 Å². The third-order valence-electron chi connectivity index (χ3n) is 4.42. The number of carbonyl (C=O) groups is 1. The van der Waals surface area contributed by atoms with Gasteiger partial charge in [0.2, 0.25) is 0 Å². The number of aromatic nitrogens is 2. The van der Waals surface area contributed by atoms with E-state index in [9.17, 15) is 14.4 Å². The average Bonchev–Trinajstić information content (AvgIpc) is 3.00. The van der Waals surface area contributed by atoms with Gasteiger partial charge >= 0.3 is 0 Å². The molecule has 0 bridgehead atoms. The minimum Gasteiger partial charge on any atom is -0.345 e. The minimum atomic E-state index is -0.506. The maximum absolute atomic E-state index is 13.2. The summed E-state index contributed by atoms with van der Waals surface area (Å²) in [6, 6.07) is 16.8. The molecule has 0 aliphatic heterocycles. The van der Waals surface area contributed by atoms with Crippen LogP contribution in [0, 0.1) is 24.1 Å². The van der Waals surface area contributed by atoms with Crippen molar-refractivity contribution in [2.45, 2.75) is 19.9 Å². The fourth-order valence-electron chi connectivity index (χ4n) is 2.82. The molecule has 7 heteroatoms. The van der Waals surface area contributed by atoms with Crippen molar-refractivity contribution >= 4 is 23.6 Å². The van der Waals surface area contributed by atoms with Crippen LogP contribution in [0.5, 0.6) is 0 Å². The van der Waals surface area contributed by atoms with Crippen LogP contribution < -0.4 is 5.32 Å². The highest BCUT2D eigenvalue weighted by Crippen LogP contribution is 2.26. The Hall–Kier alpha value is -3.43. The van der Waals surface area contributed by atoms with Gasteiger partial charge in [-0.1, -0.05) is 41.9 Å². The molecule has 1 N–H and O–H groups in total. The zero-order valence-corrected chi connectivity index (χ0v) is 16.6. The van der Waals surface area contributed by atoms with Crippen LogP contribution in [0.25, 0.3) is 11.8 Å². The van der Waals surface area contributed by atoms with Gasteiger partial charge in [-0.25, -0.2) is 9.07 Å². The zero-order chi connectivity index (χ0) is 21.0. The quantitative estimate of drug-likeness (QED) is 0.488. The van der Waals surface area contributed by atoms with Gasteiger partial charge in [0.25, 0.3) is 5.91 Å². The lowest BCUT2D eigenvalue weighted by molar-refractivity contribution is -0.117. The Morgan fingerprint density at radius 2 is 1.90 bits per heavy atom. The van der Waals surface area contributed by atoms with Crippen molar-refractivity contribution in [3.63, 3.8) is 0 Å². The van der Waals surface area contributed by atoms with E-state index in [0.29, 0.717) is 16.9 Å². The predicted octanol–water partition coefficient (Wildman–Crippen LogP) is 4.76. The first-order valence-corrected chi connectivity index (χ1v) is 9.27. The van der Waals surface area contributed by atoms with Gasteiger partial charge < -0.3 is 5.32 Å². The SMILES string of the molecule is Cc1nn(-c2ccc(F)cc2)c(Cl)c1/C=C(\C#N)C(=O)NC(C)c1ccccc1. The molecule has 2 aromatic carbocycles. The number of rotatable bonds is 5. The first-order valence-electron chi connectivity index (χ1n) is 8.89. The first kappa shape index (κ1) is 20.3. The van der Waals surface area contributed by atoms with Gasteiger partial charge in [-0.2, -0.15) is 10.4 Å². The van der Waals surface area contributed by atoms with Crippen molar-refractivity contribution in [1.82, 2.24) is 15.1 Å². The van der Waals surface area contributed by atoms with Crippen molar-refractivity contribution in [2.24, 2.45) is 0 Å². The third-order valence-corrected chi connectivity index (χ3v) is 4.78. The summed E-state index contributed by atoms with van der Waals surface area (Å²) < 4.78 is 14.6. The van der Waals surface area contributed by atoms with Crippen molar-refractivity contribution < 1.29 is 9.18 Å². The van der Waals surface area contributed by atoms with Crippen LogP contribution in [0.4, 0.5) is 4.39 Å².